The van der Waals surface area contributed by atoms with Crippen LogP contribution in [0.5, 0.6) is 0 Å². The van der Waals surface area contributed by atoms with E-state index >= 15 is 0 Å². The summed E-state index contributed by atoms with van der Waals surface area (Å²) in [5.74, 6) is 0. The van der Waals surface area contributed by atoms with Gasteiger partial charge in [-0.05, 0) is 106 Å². The zero-order chi connectivity index (χ0) is 40.9. The van der Waals surface area contributed by atoms with Crippen LogP contribution < -0.4 is 31.8 Å². The molecule has 0 aromatic heterocycles. The zero-order valence-corrected chi connectivity index (χ0v) is 37.1. The molecule has 0 bridgehead atoms. The van der Waals surface area contributed by atoms with Crippen molar-refractivity contribution in [1.29, 1.82) is 0 Å². The number of hydrogen-bond donors (Lipinski definition) is 0. The molecule has 8 aromatic rings. The minimum atomic E-state index is -6.00. The number of benzene rings is 8. The summed E-state index contributed by atoms with van der Waals surface area (Å²) in [6.07, 6.45) is 14.0. The van der Waals surface area contributed by atoms with Crippen molar-refractivity contribution in [2.24, 2.45) is 0 Å². The normalized spacial score (nSPS) is 12.4. The quantitative estimate of drug-likeness (QED) is 0.0646. The van der Waals surface area contributed by atoms with Gasteiger partial charge < -0.3 is 17.3 Å². The molecule has 0 saturated heterocycles. The summed E-state index contributed by atoms with van der Waals surface area (Å²) >= 11 is 0. The molecule has 0 aliphatic heterocycles. The summed E-state index contributed by atoms with van der Waals surface area (Å²) in [5.41, 5.74) is 2.70. The van der Waals surface area contributed by atoms with Gasteiger partial charge in [0.25, 0.3) is 0 Å². The SMILES string of the molecule is C1=CCCC=CCC1.F[B-](F)(F)F.[Ir].c1ccc(P(c2ccccc2)c2ccc3ccccc3c2-c2c(P(c3ccccc3)c3ccccc3)ccc3ccccc23)cc1. The van der Waals surface area contributed by atoms with E-state index in [2.05, 4.69) is 218 Å². The van der Waals surface area contributed by atoms with Gasteiger partial charge in [0.2, 0.25) is 0 Å². The van der Waals surface area contributed by atoms with Gasteiger partial charge in [0, 0.05) is 20.1 Å². The molecule has 303 valence electrons. The molecule has 0 spiro atoms. The van der Waals surface area contributed by atoms with Crippen LogP contribution in [0.2, 0.25) is 0 Å². The summed E-state index contributed by atoms with van der Waals surface area (Å²) in [7, 11) is -7.70. The smallest absolute Gasteiger partial charge is 0.418 e. The van der Waals surface area contributed by atoms with Gasteiger partial charge in [-0.3, -0.25) is 0 Å². The number of allylic oxidation sites excluding steroid dienone is 4. The number of hydrogen-bond acceptors (Lipinski definition) is 0. The molecule has 0 nitrogen and oxygen atoms in total. The maximum absolute atomic E-state index is 9.75. The van der Waals surface area contributed by atoms with E-state index in [4.69, 9.17) is 0 Å². The second-order valence-electron chi connectivity index (χ2n) is 14.0. The van der Waals surface area contributed by atoms with Gasteiger partial charge in [-0.1, -0.05) is 218 Å². The summed E-state index contributed by atoms with van der Waals surface area (Å²) in [6.45, 7) is 0. The van der Waals surface area contributed by atoms with Gasteiger partial charge in [-0.2, -0.15) is 0 Å². The van der Waals surface area contributed by atoms with E-state index in [1.807, 2.05) is 0 Å². The van der Waals surface area contributed by atoms with Crippen LogP contribution >= 0.6 is 15.8 Å². The average molecular weight is 1010 g/mol. The van der Waals surface area contributed by atoms with Crippen LogP contribution in [0.1, 0.15) is 25.7 Å². The molecule has 0 saturated carbocycles. The Morgan fingerprint density at radius 1 is 0.317 bits per heavy atom. The fraction of sp³-hybridized carbons (Fsp3) is 0.0769. The number of fused-ring (bicyclic) bond motifs is 2. The fourth-order valence-electron chi connectivity index (χ4n) is 7.44. The third-order valence-electron chi connectivity index (χ3n) is 9.94. The van der Waals surface area contributed by atoms with E-state index < -0.39 is 23.1 Å². The van der Waals surface area contributed by atoms with Crippen molar-refractivity contribution >= 4 is 76.5 Å². The van der Waals surface area contributed by atoms with Crippen molar-refractivity contribution in [2.75, 3.05) is 0 Å². The van der Waals surface area contributed by atoms with Crippen molar-refractivity contribution in [2.45, 2.75) is 25.7 Å². The molecular formula is C52H44BF4IrP2-. The van der Waals surface area contributed by atoms with Crippen LogP contribution in [0.4, 0.5) is 17.3 Å². The van der Waals surface area contributed by atoms with E-state index in [-0.39, 0.29) is 20.1 Å². The largest absolute Gasteiger partial charge is 0.673 e. The molecule has 1 aliphatic rings. The minimum absolute atomic E-state index is 0. The Morgan fingerprint density at radius 3 is 0.850 bits per heavy atom. The van der Waals surface area contributed by atoms with Crippen molar-refractivity contribution in [1.82, 2.24) is 0 Å². The summed E-state index contributed by atoms with van der Waals surface area (Å²) < 4.78 is 39.0. The van der Waals surface area contributed by atoms with Crippen LogP contribution in [-0.2, 0) is 20.1 Å². The van der Waals surface area contributed by atoms with E-state index in [9.17, 15) is 17.3 Å². The molecular weight excluding hydrogens is 966 g/mol. The van der Waals surface area contributed by atoms with E-state index in [0.29, 0.717) is 0 Å². The van der Waals surface area contributed by atoms with Gasteiger partial charge in [0.15, 0.2) is 0 Å². The van der Waals surface area contributed by atoms with Gasteiger partial charge in [0.1, 0.15) is 0 Å². The maximum atomic E-state index is 9.75. The Labute approximate surface area is 367 Å². The topological polar surface area (TPSA) is 0 Å². The first-order valence-electron chi connectivity index (χ1n) is 19.9. The third kappa shape index (κ3) is 11.7. The van der Waals surface area contributed by atoms with E-state index in [1.165, 1.54) is 90.2 Å². The average Bonchev–Trinajstić information content (AvgIpc) is 3.25. The summed E-state index contributed by atoms with van der Waals surface area (Å²) in [5, 5.41) is 13.3. The molecule has 1 radical (unpaired) electrons. The molecule has 8 heteroatoms. The Bertz CT molecular complexity index is 2340. The molecule has 0 amide bonds. The molecule has 9 rings (SSSR count). The van der Waals surface area contributed by atoms with Gasteiger partial charge in [-0.15, -0.1) is 0 Å². The first-order chi connectivity index (χ1) is 28.9. The molecule has 60 heavy (non-hydrogen) atoms. The monoisotopic (exact) mass is 1010 g/mol. The minimum Gasteiger partial charge on any atom is -0.418 e. The Hall–Kier alpha value is -4.95. The summed E-state index contributed by atoms with van der Waals surface area (Å²) in [6, 6.07) is 71.8. The first kappa shape index (κ1) is 44.6. The molecule has 0 atom stereocenters. The zero-order valence-electron chi connectivity index (χ0n) is 32.9. The first-order valence-corrected chi connectivity index (χ1v) is 22.6. The molecule has 0 heterocycles. The number of halogens is 4. The third-order valence-corrected chi connectivity index (χ3v) is 14.9. The van der Waals surface area contributed by atoms with Gasteiger partial charge >= 0.3 is 7.25 Å². The Balaban J connectivity index is 0.000000373. The van der Waals surface area contributed by atoms with Gasteiger partial charge in [0.05, 0.1) is 0 Å². The van der Waals surface area contributed by atoms with Crippen LogP contribution in [0.3, 0.4) is 0 Å². The standard InChI is InChI=1S/C44H32P2.C8H12.BF4.Ir/c1-5-19-35(20-6-1)45(36-21-7-2-8-22-36)41-31-29-33-17-13-15-27-39(33)43(41)44-40-28-16-14-18-34(40)30-32-42(44)46(37-23-9-3-10-24-37)38-25-11-4-12-26-38;1-2-4-6-8-7-5-3-1;2-1(3,4)5;/h1-32H;1-2,7-8H,3-6H2;;/q;;-1;. The second-order valence-corrected chi connectivity index (χ2v) is 18.3. The Kier molecular flexibility index (Phi) is 16.4. The van der Waals surface area contributed by atoms with Crippen molar-refractivity contribution < 1.29 is 37.4 Å². The van der Waals surface area contributed by atoms with Crippen LogP contribution in [-0.4, -0.2) is 7.25 Å². The fourth-order valence-corrected chi connectivity index (χ4v) is 12.4. The molecule has 0 fully saturated rings. The van der Waals surface area contributed by atoms with Crippen molar-refractivity contribution in [3.8, 4) is 11.1 Å². The predicted molar refractivity (Wildman–Crippen MR) is 251 cm³/mol. The van der Waals surface area contributed by atoms with Crippen LogP contribution in [0.15, 0.2) is 218 Å². The van der Waals surface area contributed by atoms with E-state index in [0.717, 1.165) is 0 Å². The van der Waals surface area contributed by atoms with Crippen molar-refractivity contribution in [3.63, 3.8) is 0 Å². The molecule has 0 N–H and O–H groups in total. The van der Waals surface area contributed by atoms with Crippen LogP contribution in [0, 0.1) is 0 Å². The molecule has 0 unspecified atom stereocenters. The second kappa shape index (κ2) is 22.1. The van der Waals surface area contributed by atoms with Crippen LogP contribution in [0.25, 0.3) is 32.7 Å². The molecule has 8 aromatic carbocycles. The van der Waals surface area contributed by atoms with Crippen molar-refractivity contribution in [3.05, 3.63) is 218 Å². The predicted octanol–water partition coefficient (Wildman–Crippen LogP) is 13.1. The molecule has 1 aliphatic carbocycles. The maximum Gasteiger partial charge on any atom is 0.673 e. The number of rotatable bonds is 7. The summed E-state index contributed by atoms with van der Waals surface area (Å²) in [4.78, 5) is 0. The Morgan fingerprint density at radius 2 is 0.567 bits per heavy atom. The van der Waals surface area contributed by atoms with E-state index in [1.54, 1.807) is 0 Å². The van der Waals surface area contributed by atoms with Gasteiger partial charge in [-0.25, -0.2) is 0 Å².